The Morgan fingerprint density at radius 3 is 2.45 bits per heavy atom. The van der Waals surface area contributed by atoms with Crippen molar-refractivity contribution in [2.24, 2.45) is 11.8 Å². The van der Waals surface area contributed by atoms with Gasteiger partial charge in [0, 0.05) is 17.5 Å². The Morgan fingerprint density at radius 2 is 1.64 bits per heavy atom. The third-order valence-corrected chi connectivity index (χ3v) is 5.20. The van der Waals surface area contributed by atoms with E-state index in [2.05, 4.69) is 30.3 Å². The monoisotopic (exact) mass is 314 g/mol. The van der Waals surface area contributed by atoms with Gasteiger partial charge in [-0.1, -0.05) is 60.1 Å². The lowest BCUT2D eigenvalue weighted by atomic mass is 9.77. The molecule has 2 aliphatic rings. The lowest BCUT2D eigenvalue weighted by Crippen LogP contribution is -2.31. The summed E-state index contributed by atoms with van der Waals surface area (Å²) in [5.41, 5.74) is 2.32. The average molecular weight is 315 g/mol. The first-order chi connectivity index (χ1) is 10.8. The highest BCUT2D eigenvalue weighted by atomic mass is 35.5. The van der Waals surface area contributed by atoms with E-state index in [1.165, 1.54) is 5.56 Å². The van der Waals surface area contributed by atoms with Gasteiger partial charge < -0.3 is 9.47 Å². The maximum Gasteiger partial charge on any atom is 0.0899 e. The molecule has 22 heavy (non-hydrogen) atoms. The predicted molar refractivity (Wildman–Crippen MR) is 86.9 cm³/mol. The summed E-state index contributed by atoms with van der Waals surface area (Å²) in [4.78, 5) is 0. The molecule has 2 aromatic carbocycles. The third kappa shape index (κ3) is 2.45. The minimum atomic E-state index is 0.0140. The van der Waals surface area contributed by atoms with Gasteiger partial charge in [0.1, 0.15) is 0 Å². The summed E-state index contributed by atoms with van der Waals surface area (Å²) in [6.45, 7) is 1.59. The van der Waals surface area contributed by atoms with Crippen molar-refractivity contribution in [1.29, 1.82) is 0 Å². The van der Waals surface area contributed by atoms with Crippen LogP contribution in [-0.4, -0.2) is 13.2 Å². The number of halogens is 1. The number of benzene rings is 2. The molecule has 2 heterocycles. The first-order valence-corrected chi connectivity index (χ1v) is 8.25. The molecular formula is C19H19ClO2. The molecule has 2 aromatic rings. The van der Waals surface area contributed by atoms with Crippen LogP contribution in [0.3, 0.4) is 0 Å². The van der Waals surface area contributed by atoms with Gasteiger partial charge in [-0.2, -0.15) is 0 Å². The van der Waals surface area contributed by atoms with Gasteiger partial charge in [0.05, 0.1) is 18.8 Å². The topological polar surface area (TPSA) is 18.5 Å². The van der Waals surface area contributed by atoms with Gasteiger partial charge in [0.25, 0.3) is 0 Å². The maximum atomic E-state index is 6.42. The summed E-state index contributed by atoms with van der Waals surface area (Å²) in [6, 6.07) is 18.5. The van der Waals surface area contributed by atoms with Crippen LogP contribution < -0.4 is 0 Å². The Labute approximate surface area is 136 Å². The standard InChI is InChI=1S/C19H19ClO2/c20-16-9-5-4-8-15(16)19-17-14(10-11-21-19)12-22-18(17)13-6-2-1-3-7-13/h1-9,14,17-19H,10-12H2/t14-,17+,18-,19+/m0/s1. The Morgan fingerprint density at radius 1 is 0.864 bits per heavy atom. The van der Waals surface area contributed by atoms with Crippen molar-refractivity contribution in [1.82, 2.24) is 0 Å². The summed E-state index contributed by atoms with van der Waals surface area (Å²) < 4.78 is 12.3. The van der Waals surface area contributed by atoms with E-state index in [0.717, 1.165) is 30.2 Å². The fourth-order valence-electron chi connectivity index (χ4n) is 3.80. The average Bonchev–Trinajstić information content (AvgIpc) is 3.00. The van der Waals surface area contributed by atoms with Gasteiger partial charge in [-0.3, -0.25) is 0 Å². The smallest absolute Gasteiger partial charge is 0.0899 e. The zero-order chi connectivity index (χ0) is 14.9. The summed E-state index contributed by atoms with van der Waals surface area (Å²) in [6.07, 6.45) is 1.17. The molecule has 0 saturated carbocycles. The zero-order valence-corrected chi connectivity index (χ0v) is 13.1. The quantitative estimate of drug-likeness (QED) is 0.792. The maximum absolute atomic E-state index is 6.42. The largest absolute Gasteiger partial charge is 0.373 e. The van der Waals surface area contributed by atoms with E-state index >= 15 is 0 Å². The molecule has 0 N–H and O–H groups in total. The molecule has 0 amide bonds. The van der Waals surface area contributed by atoms with Crippen LogP contribution in [0.1, 0.15) is 29.8 Å². The van der Waals surface area contributed by atoms with Crippen molar-refractivity contribution in [2.75, 3.05) is 13.2 Å². The number of hydrogen-bond donors (Lipinski definition) is 0. The van der Waals surface area contributed by atoms with Crippen molar-refractivity contribution in [3.8, 4) is 0 Å². The Bertz CT molecular complexity index is 643. The van der Waals surface area contributed by atoms with Crippen LogP contribution in [-0.2, 0) is 9.47 Å². The SMILES string of the molecule is Clc1ccccc1[C@H]1OCC[C@H]2CO[C@@H](c3ccccc3)[C@@H]21. The lowest BCUT2D eigenvalue weighted by Gasteiger charge is -2.36. The minimum absolute atomic E-state index is 0.0140. The molecule has 0 spiro atoms. The number of rotatable bonds is 2. The van der Waals surface area contributed by atoms with Crippen LogP contribution in [0.15, 0.2) is 54.6 Å². The van der Waals surface area contributed by atoms with Crippen LogP contribution in [0.4, 0.5) is 0 Å². The first-order valence-electron chi connectivity index (χ1n) is 7.87. The van der Waals surface area contributed by atoms with Crippen LogP contribution in [0.5, 0.6) is 0 Å². The van der Waals surface area contributed by atoms with Crippen molar-refractivity contribution in [2.45, 2.75) is 18.6 Å². The van der Waals surface area contributed by atoms with Gasteiger partial charge in [0.15, 0.2) is 0 Å². The molecule has 0 unspecified atom stereocenters. The highest BCUT2D eigenvalue weighted by Gasteiger charge is 2.46. The fourth-order valence-corrected chi connectivity index (χ4v) is 4.04. The van der Waals surface area contributed by atoms with Crippen molar-refractivity contribution >= 4 is 11.6 Å². The molecule has 4 atom stereocenters. The molecule has 2 aliphatic heterocycles. The van der Waals surface area contributed by atoms with Crippen LogP contribution >= 0.6 is 11.6 Å². The molecule has 2 saturated heterocycles. The number of ether oxygens (including phenoxy) is 2. The molecule has 0 aliphatic carbocycles. The molecule has 2 nitrogen and oxygen atoms in total. The molecule has 114 valence electrons. The van der Waals surface area contributed by atoms with E-state index < -0.39 is 0 Å². The number of hydrogen-bond acceptors (Lipinski definition) is 2. The van der Waals surface area contributed by atoms with Crippen LogP contribution in [0.25, 0.3) is 0 Å². The van der Waals surface area contributed by atoms with E-state index in [-0.39, 0.29) is 12.2 Å². The normalized spacial score (nSPS) is 31.0. The van der Waals surface area contributed by atoms with Gasteiger partial charge in [-0.25, -0.2) is 0 Å². The zero-order valence-electron chi connectivity index (χ0n) is 12.3. The second-order valence-corrected chi connectivity index (χ2v) is 6.51. The molecule has 0 bridgehead atoms. The fraction of sp³-hybridized carbons (Fsp3) is 0.368. The molecule has 4 rings (SSSR count). The van der Waals surface area contributed by atoms with Gasteiger partial charge in [-0.05, 0) is 29.5 Å². The van der Waals surface area contributed by atoms with E-state index in [9.17, 15) is 0 Å². The Kier molecular flexibility index (Phi) is 3.91. The molecule has 3 heteroatoms. The van der Waals surface area contributed by atoms with Crippen molar-refractivity contribution in [3.05, 3.63) is 70.7 Å². The molecule has 0 radical (unpaired) electrons. The number of fused-ring (bicyclic) bond motifs is 1. The highest BCUT2D eigenvalue weighted by Crippen LogP contribution is 2.51. The minimum Gasteiger partial charge on any atom is -0.373 e. The highest BCUT2D eigenvalue weighted by molar-refractivity contribution is 6.31. The van der Waals surface area contributed by atoms with Gasteiger partial charge >= 0.3 is 0 Å². The molecule has 2 fully saturated rings. The van der Waals surface area contributed by atoms with Gasteiger partial charge in [-0.15, -0.1) is 0 Å². The Balaban J connectivity index is 1.71. The van der Waals surface area contributed by atoms with Crippen molar-refractivity contribution in [3.63, 3.8) is 0 Å². The van der Waals surface area contributed by atoms with E-state index in [1.54, 1.807) is 0 Å². The van der Waals surface area contributed by atoms with E-state index in [4.69, 9.17) is 21.1 Å². The van der Waals surface area contributed by atoms with E-state index in [1.807, 2.05) is 24.3 Å². The summed E-state index contributed by atoms with van der Waals surface area (Å²) >= 11 is 6.42. The molecular weight excluding hydrogens is 296 g/mol. The third-order valence-electron chi connectivity index (χ3n) is 4.86. The Hall–Kier alpha value is -1.35. The van der Waals surface area contributed by atoms with E-state index in [0.29, 0.717) is 11.8 Å². The summed E-state index contributed by atoms with van der Waals surface area (Å²) in [7, 11) is 0. The first kappa shape index (κ1) is 14.3. The van der Waals surface area contributed by atoms with Crippen LogP contribution in [0.2, 0.25) is 5.02 Å². The lowest BCUT2D eigenvalue weighted by molar-refractivity contribution is -0.0605. The molecule has 0 aromatic heterocycles. The van der Waals surface area contributed by atoms with Gasteiger partial charge in [0.2, 0.25) is 0 Å². The van der Waals surface area contributed by atoms with Crippen molar-refractivity contribution < 1.29 is 9.47 Å². The summed E-state index contributed by atoms with van der Waals surface area (Å²) in [5, 5.41) is 0.784. The second-order valence-electron chi connectivity index (χ2n) is 6.10. The summed E-state index contributed by atoms with van der Waals surface area (Å²) in [5.74, 6) is 0.872. The predicted octanol–water partition coefficient (Wildman–Crippen LogP) is 4.81. The second kappa shape index (κ2) is 6.04. The van der Waals surface area contributed by atoms with Crippen LogP contribution in [0, 0.1) is 11.8 Å².